The van der Waals surface area contributed by atoms with Crippen LogP contribution < -0.4 is 21.0 Å². The van der Waals surface area contributed by atoms with Crippen molar-refractivity contribution in [3.05, 3.63) is 160 Å². The van der Waals surface area contributed by atoms with Gasteiger partial charge in [-0.25, -0.2) is 4.57 Å². The number of hydrogen-bond donors (Lipinski definition) is 3. The Hall–Kier alpha value is -5.41. The number of thiophene rings is 1. The third-order valence-electron chi connectivity index (χ3n) is 10.8. The van der Waals surface area contributed by atoms with Gasteiger partial charge in [0, 0.05) is 16.9 Å². The average molecular weight is 827 g/mol. The van der Waals surface area contributed by atoms with Crippen molar-refractivity contribution in [1.82, 2.24) is 30.8 Å². The highest BCUT2D eigenvalue weighted by Crippen LogP contribution is 2.50. The van der Waals surface area contributed by atoms with Gasteiger partial charge in [-0.2, -0.15) is 5.10 Å². The van der Waals surface area contributed by atoms with Crippen LogP contribution in [0.4, 0.5) is 5.95 Å². The van der Waals surface area contributed by atoms with Crippen molar-refractivity contribution in [1.29, 1.82) is 0 Å². The second-order valence-electron chi connectivity index (χ2n) is 14.6. The Labute approximate surface area is 349 Å². The lowest BCUT2D eigenvalue weighted by atomic mass is 9.88. The second-order valence-corrected chi connectivity index (χ2v) is 17.6. The van der Waals surface area contributed by atoms with E-state index in [-0.39, 0.29) is 47.2 Å². The zero-order valence-corrected chi connectivity index (χ0v) is 34.4. The molecule has 1 unspecified atom stereocenters. The predicted molar refractivity (Wildman–Crippen MR) is 231 cm³/mol. The smallest absolute Gasteiger partial charge is 0.241 e. The van der Waals surface area contributed by atoms with Crippen LogP contribution >= 0.6 is 34.9 Å². The number of fused-ring (bicyclic) bond motifs is 8. The highest BCUT2D eigenvalue weighted by Gasteiger charge is 2.46. The highest BCUT2D eigenvalue weighted by molar-refractivity contribution is 8.14. The van der Waals surface area contributed by atoms with Gasteiger partial charge in [-0.15, -0.1) is 21.5 Å². The number of thioether (sulfide) groups is 2. The number of rotatable bonds is 12. The van der Waals surface area contributed by atoms with Gasteiger partial charge in [0.2, 0.25) is 17.8 Å². The maximum absolute atomic E-state index is 13.7. The number of amidine groups is 1. The quantitative estimate of drug-likeness (QED) is 0.106. The van der Waals surface area contributed by atoms with Crippen molar-refractivity contribution in [2.45, 2.75) is 62.3 Å². The highest BCUT2D eigenvalue weighted by atomic mass is 32.2. The molecule has 4 aromatic carbocycles. The van der Waals surface area contributed by atoms with Crippen molar-refractivity contribution in [3.8, 4) is 5.00 Å². The standard InChI is InChI=1S/C44H42N8O3S3/c1-3-44(2)24-32-33(25-55-44)58-40-36(32)39-47-49-42(56-26-34(53)45-37(28-16-8-4-9-17-28)29-18-10-5-11-19-29)51(39)41-48-50-43(52(40)41)57-27-35(54)46-38(30-20-12-6-13-21-30)31-22-14-7-15-23-31/h4-23,37-39,47H,3,24-27H2,1-2H3,(H,45,53)(H,46,54)/t39?,44-/m1/s1. The maximum atomic E-state index is 13.7. The number of anilines is 1. The summed E-state index contributed by atoms with van der Waals surface area (Å²) in [6.45, 7) is 4.84. The summed E-state index contributed by atoms with van der Waals surface area (Å²) < 4.78 is 8.45. The first-order chi connectivity index (χ1) is 28.4. The van der Waals surface area contributed by atoms with Crippen molar-refractivity contribution in [2.75, 3.05) is 16.4 Å². The van der Waals surface area contributed by atoms with Gasteiger partial charge in [-0.05, 0) is 41.2 Å². The topological polar surface area (TPSA) is 126 Å². The van der Waals surface area contributed by atoms with Crippen LogP contribution in [-0.4, -0.2) is 48.9 Å². The third-order valence-corrected chi connectivity index (χ3v) is 13.9. The van der Waals surface area contributed by atoms with Gasteiger partial charge in [0.05, 0.1) is 35.8 Å². The van der Waals surface area contributed by atoms with Crippen molar-refractivity contribution < 1.29 is 14.3 Å². The molecule has 11 nitrogen and oxygen atoms in total. The number of ether oxygens (including phenoxy) is 1. The monoisotopic (exact) mass is 826 g/mol. The molecule has 0 radical (unpaired) electrons. The summed E-state index contributed by atoms with van der Waals surface area (Å²) in [5.41, 5.74) is 9.45. The molecule has 3 aliphatic heterocycles. The minimum Gasteiger partial charge on any atom is -0.369 e. The molecule has 2 amide bonds. The number of hydrogen-bond acceptors (Lipinski definition) is 11. The Morgan fingerprint density at radius 2 is 1.33 bits per heavy atom. The zero-order chi connectivity index (χ0) is 39.6. The first-order valence-electron chi connectivity index (χ1n) is 19.3. The second kappa shape index (κ2) is 16.5. The van der Waals surface area contributed by atoms with E-state index in [0.29, 0.717) is 22.9 Å². The van der Waals surface area contributed by atoms with E-state index in [2.05, 4.69) is 35.0 Å². The lowest BCUT2D eigenvalue weighted by Gasteiger charge is -2.35. The average Bonchev–Trinajstić information content (AvgIpc) is 3.99. The Bertz CT molecular complexity index is 2370. The Balaban J connectivity index is 0.978. The van der Waals surface area contributed by atoms with E-state index < -0.39 is 0 Å². The van der Waals surface area contributed by atoms with Gasteiger partial charge in [-0.1, -0.05) is 152 Å². The molecule has 0 spiro atoms. The summed E-state index contributed by atoms with van der Waals surface area (Å²) in [4.78, 5) is 30.6. The van der Waals surface area contributed by atoms with Crippen LogP contribution in [0.1, 0.15) is 76.8 Å². The molecular formula is C44H42N8O3S3. The summed E-state index contributed by atoms with van der Waals surface area (Å²) >= 11 is 4.37. The summed E-state index contributed by atoms with van der Waals surface area (Å²) in [6.07, 6.45) is 1.29. The Morgan fingerprint density at radius 1 is 0.810 bits per heavy atom. The van der Waals surface area contributed by atoms with E-state index in [1.54, 1.807) is 11.3 Å². The first kappa shape index (κ1) is 38.1. The first-order valence-corrected chi connectivity index (χ1v) is 22.1. The number of carbonyl (C=O) groups is 2. The molecule has 0 saturated carbocycles. The molecule has 2 atom stereocenters. The fourth-order valence-electron chi connectivity index (χ4n) is 7.65. The van der Waals surface area contributed by atoms with Crippen molar-refractivity contribution in [2.24, 2.45) is 5.10 Å². The number of amides is 2. The molecule has 0 aliphatic carbocycles. The minimum atomic E-state index is -0.337. The summed E-state index contributed by atoms with van der Waals surface area (Å²) in [5.74, 6) is 0.599. The van der Waals surface area contributed by atoms with E-state index in [9.17, 15) is 9.59 Å². The van der Waals surface area contributed by atoms with Gasteiger partial charge in [0.1, 0.15) is 5.00 Å². The predicted octanol–water partition coefficient (Wildman–Crippen LogP) is 7.90. The molecule has 58 heavy (non-hydrogen) atoms. The SMILES string of the molecule is CC[C@]1(C)Cc2c(sc3c2C2NN=C(SCC(=O)NC(c4ccccc4)c4ccccc4)N2c2nnc(SCC(=O)NC(c4ccccc4)c4ccccc4)n2-3)CO1. The summed E-state index contributed by atoms with van der Waals surface area (Å²) in [6, 6.07) is 39.4. The van der Waals surface area contributed by atoms with Crippen LogP contribution in [0.15, 0.2) is 132 Å². The summed E-state index contributed by atoms with van der Waals surface area (Å²) in [5, 5.41) is 22.9. The molecule has 0 fully saturated rings. The third kappa shape index (κ3) is 7.52. The molecule has 14 heteroatoms. The number of nitrogens with one attached hydrogen (secondary N) is 3. The van der Waals surface area contributed by atoms with Gasteiger partial charge in [0.15, 0.2) is 16.5 Å². The molecule has 5 heterocycles. The largest absolute Gasteiger partial charge is 0.369 e. The molecule has 0 bridgehead atoms. The van der Waals surface area contributed by atoms with Gasteiger partial charge in [-0.3, -0.25) is 19.9 Å². The molecular weight excluding hydrogens is 785 g/mol. The number of carbonyl (C=O) groups excluding carboxylic acids is 2. The molecule has 0 saturated heterocycles. The Kier molecular flexibility index (Phi) is 10.8. The van der Waals surface area contributed by atoms with Crippen LogP contribution in [0, 0.1) is 0 Å². The van der Waals surface area contributed by atoms with Crippen LogP contribution in [0.25, 0.3) is 5.00 Å². The fraction of sp³-hybridized carbons (Fsp3) is 0.250. The van der Waals surface area contributed by atoms with E-state index >= 15 is 0 Å². The number of nitrogens with zero attached hydrogens (tertiary/aromatic N) is 5. The number of benzene rings is 4. The zero-order valence-electron chi connectivity index (χ0n) is 32.0. The van der Waals surface area contributed by atoms with E-state index in [1.165, 1.54) is 29.1 Å². The Morgan fingerprint density at radius 3 is 1.84 bits per heavy atom. The molecule has 3 N–H and O–H groups in total. The van der Waals surface area contributed by atoms with Crippen LogP contribution in [-0.2, 0) is 27.4 Å². The van der Waals surface area contributed by atoms with Gasteiger partial charge >= 0.3 is 0 Å². The number of hydrazone groups is 1. The summed E-state index contributed by atoms with van der Waals surface area (Å²) in [7, 11) is 0. The van der Waals surface area contributed by atoms with Gasteiger partial charge < -0.3 is 15.4 Å². The van der Waals surface area contributed by atoms with E-state index in [4.69, 9.17) is 14.9 Å². The van der Waals surface area contributed by atoms with E-state index in [1.807, 2.05) is 131 Å². The maximum Gasteiger partial charge on any atom is 0.241 e. The molecule has 294 valence electrons. The molecule has 9 rings (SSSR count). The van der Waals surface area contributed by atoms with Gasteiger partial charge in [0.25, 0.3) is 0 Å². The minimum absolute atomic E-state index is 0.122. The normalized spacial score (nSPS) is 17.8. The van der Waals surface area contributed by atoms with Crippen LogP contribution in [0.2, 0.25) is 0 Å². The fourth-order valence-corrected chi connectivity index (χ4v) is 10.5. The van der Waals surface area contributed by atoms with Crippen LogP contribution in [0.3, 0.4) is 0 Å². The van der Waals surface area contributed by atoms with E-state index in [0.717, 1.165) is 50.5 Å². The lowest BCUT2D eigenvalue weighted by molar-refractivity contribution is -0.119. The molecule has 2 aromatic heterocycles. The van der Waals surface area contributed by atoms with Crippen molar-refractivity contribution >= 4 is 57.8 Å². The molecule has 3 aliphatic rings. The van der Waals surface area contributed by atoms with Crippen molar-refractivity contribution in [3.63, 3.8) is 0 Å². The van der Waals surface area contributed by atoms with Crippen LogP contribution in [0.5, 0.6) is 0 Å². The molecule has 6 aromatic rings. The number of aromatic nitrogens is 3. The lowest BCUT2D eigenvalue weighted by Crippen LogP contribution is -2.40.